The van der Waals surface area contributed by atoms with Gasteiger partial charge in [0.2, 0.25) is 11.6 Å². The van der Waals surface area contributed by atoms with Crippen LogP contribution in [-0.4, -0.2) is 13.2 Å². The first-order valence-corrected chi connectivity index (χ1v) is 14.3. The Bertz CT molecular complexity index is 1460. The molecule has 0 aromatic heterocycles. The highest BCUT2D eigenvalue weighted by Crippen LogP contribution is 2.36. The van der Waals surface area contributed by atoms with Crippen molar-refractivity contribution < 1.29 is 35.8 Å². The zero-order chi connectivity index (χ0) is 30.2. The maximum absolute atomic E-state index is 14.9. The zero-order valence-electron chi connectivity index (χ0n) is 23.7. The van der Waals surface area contributed by atoms with Crippen LogP contribution < -0.4 is 9.47 Å². The van der Waals surface area contributed by atoms with Gasteiger partial charge in [-0.25, -0.2) is 17.6 Å². The summed E-state index contributed by atoms with van der Waals surface area (Å²) in [7, 11) is 0. The largest absolute Gasteiger partial charge is 0.490 e. The molecule has 8 heteroatoms. The number of hydrogen-bond donors (Lipinski definition) is 0. The van der Waals surface area contributed by atoms with E-state index in [-0.39, 0.29) is 36.2 Å². The molecular formula is C34H34F6O2. The van der Waals surface area contributed by atoms with Crippen molar-refractivity contribution in [1.29, 1.82) is 0 Å². The quantitative estimate of drug-likeness (QED) is 0.119. The third-order valence-corrected chi connectivity index (χ3v) is 7.46. The van der Waals surface area contributed by atoms with Gasteiger partial charge in [0.1, 0.15) is 0 Å². The standard InChI is InChI=1S/C34H34F6O2/c1-3-5-7-8-23-13-14-24(30(36)29(23)35)22-11-9-21(10-12-22)20-42-28-18-16-26(32(38)34(28)40)25-15-17-27(33(39)31(25)37)41-19-6-4-2/h3,5,11,13-18,21H,4,6-10,12,19-20H2,1-2H3/b5-3+. The lowest BCUT2D eigenvalue weighted by molar-refractivity contribution is 0.228. The molecule has 0 heterocycles. The maximum atomic E-state index is 14.9. The average molecular weight is 589 g/mol. The van der Waals surface area contributed by atoms with Crippen LogP contribution in [0.5, 0.6) is 11.5 Å². The fourth-order valence-electron chi connectivity index (χ4n) is 4.96. The van der Waals surface area contributed by atoms with Crippen LogP contribution in [0.3, 0.4) is 0 Å². The van der Waals surface area contributed by atoms with Crippen LogP contribution in [0, 0.1) is 40.8 Å². The van der Waals surface area contributed by atoms with Gasteiger partial charge in [-0.2, -0.15) is 8.78 Å². The van der Waals surface area contributed by atoms with Crippen LogP contribution in [0.25, 0.3) is 16.7 Å². The second-order valence-corrected chi connectivity index (χ2v) is 10.4. The van der Waals surface area contributed by atoms with Crippen LogP contribution in [0.1, 0.15) is 63.5 Å². The Morgan fingerprint density at radius 2 is 1.38 bits per heavy atom. The molecule has 0 saturated carbocycles. The molecule has 0 aliphatic heterocycles. The molecule has 224 valence electrons. The Labute approximate surface area is 242 Å². The first kappa shape index (κ1) is 31.3. The van der Waals surface area contributed by atoms with Crippen molar-refractivity contribution in [2.24, 2.45) is 5.92 Å². The van der Waals surface area contributed by atoms with Gasteiger partial charge in [-0.15, -0.1) is 0 Å². The van der Waals surface area contributed by atoms with Crippen molar-refractivity contribution in [3.05, 3.63) is 101 Å². The van der Waals surface area contributed by atoms with Gasteiger partial charge in [-0.05, 0) is 86.8 Å². The second kappa shape index (κ2) is 14.5. The van der Waals surface area contributed by atoms with Gasteiger partial charge in [-0.3, -0.25) is 0 Å². The molecule has 0 bridgehead atoms. The molecule has 0 spiro atoms. The van der Waals surface area contributed by atoms with Crippen molar-refractivity contribution in [3.63, 3.8) is 0 Å². The van der Waals surface area contributed by atoms with Crippen molar-refractivity contribution in [3.8, 4) is 22.6 Å². The molecule has 3 aromatic carbocycles. The summed E-state index contributed by atoms with van der Waals surface area (Å²) < 4.78 is 99.2. The third-order valence-electron chi connectivity index (χ3n) is 7.46. The van der Waals surface area contributed by atoms with Crippen LogP contribution >= 0.6 is 0 Å². The minimum Gasteiger partial charge on any atom is -0.490 e. The number of ether oxygens (including phenoxy) is 2. The summed E-state index contributed by atoms with van der Waals surface area (Å²) in [6.45, 7) is 4.07. The highest BCUT2D eigenvalue weighted by molar-refractivity contribution is 5.68. The molecule has 1 aliphatic rings. The fraction of sp³-hybridized carbons (Fsp3) is 0.353. The van der Waals surface area contributed by atoms with E-state index in [1.165, 1.54) is 12.1 Å². The highest BCUT2D eigenvalue weighted by atomic mass is 19.2. The smallest absolute Gasteiger partial charge is 0.201 e. The first-order valence-electron chi connectivity index (χ1n) is 14.3. The molecule has 1 atom stereocenters. The van der Waals surface area contributed by atoms with E-state index < -0.39 is 46.0 Å². The predicted molar refractivity (Wildman–Crippen MR) is 152 cm³/mol. The van der Waals surface area contributed by atoms with Gasteiger partial charge >= 0.3 is 0 Å². The number of hydrogen-bond acceptors (Lipinski definition) is 2. The molecule has 2 nitrogen and oxygen atoms in total. The predicted octanol–water partition coefficient (Wildman–Crippen LogP) is 10.1. The van der Waals surface area contributed by atoms with E-state index in [0.29, 0.717) is 49.7 Å². The molecule has 0 saturated heterocycles. The van der Waals surface area contributed by atoms with Gasteiger partial charge in [0.25, 0.3) is 0 Å². The number of rotatable bonds is 12. The Balaban J connectivity index is 1.40. The lowest BCUT2D eigenvalue weighted by atomic mass is 9.86. The molecule has 42 heavy (non-hydrogen) atoms. The summed E-state index contributed by atoms with van der Waals surface area (Å²) in [5.41, 5.74) is 0.384. The maximum Gasteiger partial charge on any atom is 0.201 e. The Hall–Kier alpha value is -3.68. The summed E-state index contributed by atoms with van der Waals surface area (Å²) >= 11 is 0. The van der Waals surface area contributed by atoms with E-state index in [2.05, 4.69) is 0 Å². The minimum atomic E-state index is -1.36. The Morgan fingerprint density at radius 3 is 1.98 bits per heavy atom. The SMILES string of the molecule is C/C=C/CCc1ccc(C2=CCC(COc3ccc(-c4ccc(OCCCC)c(F)c4F)c(F)c3F)CC2)c(F)c1F. The second-order valence-electron chi connectivity index (χ2n) is 10.4. The third kappa shape index (κ3) is 7.02. The first-order chi connectivity index (χ1) is 20.3. The Morgan fingerprint density at radius 1 is 0.762 bits per heavy atom. The van der Waals surface area contributed by atoms with Gasteiger partial charge < -0.3 is 9.47 Å². The van der Waals surface area contributed by atoms with Crippen LogP contribution in [0.15, 0.2) is 54.6 Å². The molecular weight excluding hydrogens is 554 g/mol. The van der Waals surface area contributed by atoms with Gasteiger partial charge in [0.05, 0.1) is 13.2 Å². The van der Waals surface area contributed by atoms with E-state index in [1.807, 2.05) is 32.1 Å². The van der Waals surface area contributed by atoms with E-state index in [9.17, 15) is 26.3 Å². The normalized spacial score (nSPS) is 15.2. The molecule has 0 N–H and O–H groups in total. The summed E-state index contributed by atoms with van der Waals surface area (Å²) in [5, 5.41) is 0. The number of aryl methyl sites for hydroxylation is 1. The molecule has 0 fully saturated rings. The molecule has 1 unspecified atom stereocenters. The van der Waals surface area contributed by atoms with E-state index in [1.54, 1.807) is 12.1 Å². The van der Waals surface area contributed by atoms with E-state index >= 15 is 0 Å². The number of allylic oxidation sites excluding steroid dienone is 4. The number of halogens is 6. The molecule has 1 aliphatic carbocycles. The average Bonchev–Trinajstić information content (AvgIpc) is 2.99. The summed E-state index contributed by atoms with van der Waals surface area (Å²) in [6, 6.07) is 7.88. The van der Waals surface area contributed by atoms with Gasteiger partial charge in [0.15, 0.2) is 34.8 Å². The monoisotopic (exact) mass is 588 g/mol. The molecule has 4 rings (SSSR count). The van der Waals surface area contributed by atoms with E-state index in [4.69, 9.17) is 9.47 Å². The van der Waals surface area contributed by atoms with Crippen LogP contribution in [-0.2, 0) is 6.42 Å². The fourth-order valence-corrected chi connectivity index (χ4v) is 4.96. The zero-order valence-corrected chi connectivity index (χ0v) is 23.7. The van der Waals surface area contributed by atoms with Gasteiger partial charge in [0, 0.05) is 16.7 Å². The number of benzene rings is 3. The number of unbranched alkanes of at least 4 members (excludes halogenated alkanes) is 1. The molecule has 3 aromatic rings. The lowest BCUT2D eigenvalue weighted by Gasteiger charge is -2.23. The summed E-state index contributed by atoms with van der Waals surface area (Å²) in [5.74, 6) is -7.66. The summed E-state index contributed by atoms with van der Waals surface area (Å²) in [6.07, 6.45) is 9.63. The highest BCUT2D eigenvalue weighted by Gasteiger charge is 2.24. The van der Waals surface area contributed by atoms with Crippen molar-refractivity contribution in [1.82, 2.24) is 0 Å². The van der Waals surface area contributed by atoms with Crippen LogP contribution in [0.2, 0.25) is 0 Å². The van der Waals surface area contributed by atoms with Crippen LogP contribution in [0.4, 0.5) is 26.3 Å². The van der Waals surface area contributed by atoms with Gasteiger partial charge in [-0.1, -0.05) is 43.7 Å². The topological polar surface area (TPSA) is 18.5 Å². The molecule has 0 amide bonds. The molecule has 0 radical (unpaired) electrons. The van der Waals surface area contributed by atoms with Crippen molar-refractivity contribution in [2.75, 3.05) is 13.2 Å². The van der Waals surface area contributed by atoms with Crippen molar-refractivity contribution >= 4 is 5.57 Å². The van der Waals surface area contributed by atoms with E-state index in [0.717, 1.165) is 18.6 Å². The Kier molecular flexibility index (Phi) is 10.8. The lowest BCUT2D eigenvalue weighted by Crippen LogP contribution is -2.16. The van der Waals surface area contributed by atoms with Crippen molar-refractivity contribution in [2.45, 2.75) is 58.8 Å². The summed E-state index contributed by atoms with van der Waals surface area (Å²) in [4.78, 5) is 0. The minimum absolute atomic E-state index is 0.0595.